The van der Waals surface area contributed by atoms with E-state index in [2.05, 4.69) is 40.0 Å². The van der Waals surface area contributed by atoms with Crippen LogP contribution in [0.5, 0.6) is 0 Å². The number of aliphatic imine (C=N–C) groups is 1. The van der Waals surface area contributed by atoms with Crippen LogP contribution in [0.1, 0.15) is 32.4 Å². The van der Waals surface area contributed by atoms with Crippen molar-refractivity contribution in [2.75, 3.05) is 12.5 Å². The molecule has 8 heteroatoms. The molecule has 3 rings (SSSR count). The highest BCUT2D eigenvalue weighted by atomic mass is 35.5. The largest absolute Gasteiger partial charge is 0.256 e. The minimum absolute atomic E-state index is 0.0519. The van der Waals surface area contributed by atoms with Gasteiger partial charge in [-0.15, -0.1) is 22.2 Å². The Morgan fingerprint density at radius 1 is 1.41 bits per heavy atom. The molecular formula is C19H28ClN5S2. The van der Waals surface area contributed by atoms with Gasteiger partial charge in [-0.3, -0.25) is 4.68 Å². The summed E-state index contributed by atoms with van der Waals surface area (Å²) in [5.41, 5.74) is 3.26. The van der Waals surface area contributed by atoms with Gasteiger partial charge in [0.2, 0.25) is 0 Å². The van der Waals surface area contributed by atoms with Crippen molar-refractivity contribution in [2.45, 2.75) is 38.5 Å². The van der Waals surface area contributed by atoms with Gasteiger partial charge in [0, 0.05) is 24.4 Å². The number of thioether (sulfide) groups is 1. The predicted molar refractivity (Wildman–Crippen MR) is 123 cm³/mol. The molecular weight excluding hydrogens is 398 g/mol. The predicted octanol–water partition coefficient (Wildman–Crippen LogP) is 5.30. The van der Waals surface area contributed by atoms with E-state index in [1.54, 1.807) is 16.4 Å². The van der Waals surface area contributed by atoms with Crippen LogP contribution in [-0.2, 0) is 7.05 Å². The summed E-state index contributed by atoms with van der Waals surface area (Å²) in [6.45, 7) is 9.97. The third-order valence-corrected chi connectivity index (χ3v) is 6.73. The molecule has 1 unspecified atom stereocenters. The third-order valence-electron chi connectivity index (χ3n) is 4.20. The molecule has 0 saturated heterocycles. The molecule has 1 aromatic heterocycles. The SMILES string of the molecule is C=C1N=C(C)C=C(C2CC2)N1/N=C(\C)S(=C)C.CSc1c(C)nn(C)c1Cl. The first-order valence-electron chi connectivity index (χ1n) is 8.65. The maximum absolute atomic E-state index is 5.89. The summed E-state index contributed by atoms with van der Waals surface area (Å²) in [6.07, 6.45) is 8.69. The molecule has 2 aliphatic rings. The molecule has 0 spiro atoms. The van der Waals surface area contributed by atoms with Crippen molar-refractivity contribution in [1.82, 2.24) is 14.8 Å². The van der Waals surface area contributed by atoms with Crippen LogP contribution in [-0.4, -0.2) is 43.9 Å². The van der Waals surface area contributed by atoms with Crippen molar-refractivity contribution in [3.05, 3.63) is 35.0 Å². The molecule has 0 bridgehead atoms. The Morgan fingerprint density at radius 3 is 2.44 bits per heavy atom. The second kappa shape index (κ2) is 9.26. The van der Waals surface area contributed by atoms with Crippen molar-refractivity contribution < 1.29 is 0 Å². The third kappa shape index (κ3) is 5.59. The number of nitrogens with zero attached hydrogens (tertiary/aromatic N) is 5. The van der Waals surface area contributed by atoms with Gasteiger partial charge in [-0.05, 0) is 52.2 Å². The molecule has 0 aromatic carbocycles. The highest BCUT2D eigenvalue weighted by molar-refractivity contribution is 8.26. The van der Waals surface area contributed by atoms with Gasteiger partial charge in [-0.2, -0.15) is 10.2 Å². The fourth-order valence-electron chi connectivity index (χ4n) is 2.55. The van der Waals surface area contributed by atoms with Crippen molar-refractivity contribution >= 4 is 50.5 Å². The van der Waals surface area contributed by atoms with E-state index in [0.29, 0.717) is 5.92 Å². The molecule has 1 saturated carbocycles. The zero-order valence-corrected chi connectivity index (χ0v) is 19.3. The van der Waals surface area contributed by atoms with E-state index >= 15 is 0 Å². The van der Waals surface area contributed by atoms with Crippen molar-refractivity contribution in [1.29, 1.82) is 0 Å². The topological polar surface area (TPSA) is 45.8 Å². The molecule has 1 atom stereocenters. The Kier molecular flexibility index (Phi) is 7.54. The van der Waals surface area contributed by atoms with Crippen molar-refractivity contribution in [3.8, 4) is 0 Å². The van der Waals surface area contributed by atoms with Crippen LogP contribution in [0, 0.1) is 12.8 Å². The number of hydrogen-bond acceptors (Lipinski definition) is 5. The fraction of sp³-hybridized carbons (Fsp3) is 0.474. The fourth-order valence-corrected chi connectivity index (χ4v) is 3.81. The normalized spacial score (nSPS) is 18.6. The first-order valence-corrected chi connectivity index (χ1v) is 12.1. The highest BCUT2D eigenvalue weighted by Crippen LogP contribution is 2.41. The van der Waals surface area contributed by atoms with E-state index in [-0.39, 0.29) is 10.5 Å². The van der Waals surface area contributed by atoms with E-state index in [1.807, 2.05) is 39.1 Å². The molecule has 0 amide bonds. The summed E-state index contributed by atoms with van der Waals surface area (Å²) >= 11 is 7.52. The zero-order chi connectivity index (χ0) is 20.3. The molecule has 1 aliphatic carbocycles. The van der Waals surface area contributed by atoms with Crippen LogP contribution >= 0.6 is 33.8 Å². The number of aromatic nitrogens is 2. The van der Waals surface area contributed by atoms with Crippen molar-refractivity contribution in [3.63, 3.8) is 0 Å². The smallest absolute Gasteiger partial charge is 0.146 e. The number of rotatable bonds is 3. The van der Waals surface area contributed by atoms with Gasteiger partial charge in [0.25, 0.3) is 0 Å². The van der Waals surface area contributed by atoms with Gasteiger partial charge in [0.05, 0.1) is 15.6 Å². The van der Waals surface area contributed by atoms with E-state index in [4.69, 9.17) is 11.6 Å². The second-order valence-electron chi connectivity index (χ2n) is 6.61. The number of hydrogen-bond donors (Lipinski definition) is 0. The lowest BCUT2D eigenvalue weighted by atomic mass is 10.2. The van der Waals surface area contributed by atoms with E-state index < -0.39 is 0 Å². The summed E-state index contributed by atoms with van der Waals surface area (Å²) in [5, 5.41) is 12.4. The lowest BCUT2D eigenvalue weighted by molar-refractivity contribution is 0.423. The van der Waals surface area contributed by atoms with Gasteiger partial charge >= 0.3 is 0 Å². The Hall–Kier alpha value is -1.31. The molecule has 148 valence electrons. The molecule has 27 heavy (non-hydrogen) atoms. The molecule has 0 radical (unpaired) electrons. The molecule has 1 fully saturated rings. The standard InChI is InChI=1S/C13H19N3S.C6H9ClN2S/c1-9-8-13(12-6-7-12)16(10(2)14-9)15-11(3)17(4)5;1-4-5(10-3)6(7)9(2)8-4/h8,12H,2,4,6-7H2,1,3,5H3;1-3H3/b15-11+;. The Balaban J connectivity index is 0.000000223. The summed E-state index contributed by atoms with van der Waals surface area (Å²) in [5.74, 6) is 5.37. The lowest BCUT2D eigenvalue weighted by Crippen LogP contribution is -2.22. The van der Waals surface area contributed by atoms with Crippen LogP contribution in [0.4, 0.5) is 0 Å². The number of aryl methyl sites for hydroxylation is 2. The minimum Gasteiger partial charge on any atom is -0.256 e. The molecule has 0 N–H and O–H groups in total. The Morgan fingerprint density at radius 2 is 2.04 bits per heavy atom. The van der Waals surface area contributed by atoms with Crippen LogP contribution < -0.4 is 0 Å². The minimum atomic E-state index is -0.0519. The average Bonchev–Trinajstić information content (AvgIpc) is 3.39. The van der Waals surface area contributed by atoms with Crippen LogP contribution in [0.15, 0.2) is 39.2 Å². The van der Waals surface area contributed by atoms with Crippen LogP contribution in [0.25, 0.3) is 0 Å². The quantitative estimate of drug-likeness (QED) is 0.286. The van der Waals surface area contributed by atoms with E-state index in [1.165, 1.54) is 18.5 Å². The monoisotopic (exact) mass is 425 g/mol. The molecule has 5 nitrogen and oxygen atoms in total. The summed E-state index contributed by atoms with van der Waals surface area (Å²) < 4.78 is 1.68. The number of allylic oxidation sites excluding steroid dienone is 2. The molecule has 1 aliphatic heterocycles. The highest BCUT2D eigenvalue weighted by Gasteiger charge is 2.32. The summed E-state index contributed by atoms with van der Waals surface area (Å²) in [7, 11) is 1.79. The van der Waals surface area contributed by atoms with Crippen LogP contribution in [0.2, 0.25) is 5.15 Å². The van der Waals surface area contributed by atoms with Gasteiger partial charge < -0.3 is 0 Å². The first kappa shape index (κ1) is 22.0. The number of hydrazone groups is 1. The Labute approximate surface area is 174 Å². The number of halogens is 1. The van der Waals surface area contributed by atoms with Gasteiger partial charge in [0.15, 0.2) is 0 Å². The summed E-state index contributed by atoms with van der Waals surface area (Å²) in [4.78, 5) is 5.46. The van der Waals surface area contributed by atoms with E-state index in [0.717, 1.165) is 32.3 Å². The first-order chi connectivity index (χ1) is 12.6. The maximum Gasteiger partial charge on any atom is 0.146 e. The van der Waals surface area contributed by atoms with Gasteiger partial charge in [-0.25, -0.2) is 10.0 Å². The Bertz CT molecular complexity index is 847. The zero-order valence-electron chi connectivity index (χ0n) is 16.9. The maximum atomic E-state index is 5.89. The summed E-state index contributed by atoms with van der Waals surface area (Å²) in [6, 6.07) is 0. The average molecular weight is 426 g/mol. The lowest BCUT2D eigenvalue weighted by Gasteiger charge is -2.26. The van der Waals surface area contributed by atoms with E-state index in [9.17, 15) is 0 Å². The van der Waals surface area contributed by atoms with Crippen molar-refractivity contribution in [2.24, 2.45) is 23.1 Å². The van der Waals surface area contributed by atoms with Gasteiger partial charge in [0.1, 0.15) is 11.0 Å². The van der Waals surface area contributed by atoms with Crippen LogP contribution in [0.3, 0.4) is 0 Å². The molecule has 1 aromatic rings. The second-order valence-corrected chi connectivity index (χ2v) is 9.65. The van der Waals surface area contributed by atoms with Gasteiger partial charge in [-0.1, -0.05) is 24.1 Å². The molecule has 2 heterocycles.